The first-order chi connectivity index (χ1) is 7.59. The van der Waals surface area contributed by atoms with E-state index in [1.165, 1.54) is 51.6 Å². The highest BCUT2D eigenvalue weighted by Gasteiger charge is 2.32. The van der Waals surface area contributed by atoms with Crippen molar-refractivity contribution in [2.45, 2.75) is 57.9 Å². The third-order valence-electron chi connectivity index (χ3n) is 4.71. The Bertz CT molecular complexity index is 211. The van der Waals surface area contributed by atoms with Gasteiger partial charge in [-0.3, -0.25) is 0 Å². The molecule has 2 heteroatoms. The number of nitrogens with two attached hydrogens (primary N) is 1. The molecule has 0 radical (unpaired) electrons. The lowest BCUT2D eigenvalue weighted by Gasteiger charge is -2.38. The molecule has 0 atom stereocenters. The van der Waals surface area contributed by atoms with Gasteiger partial charge in [-0.25, -0.2) is 0 Å². The standard InChI is InChI=1S/C14H28N2/c1-12(2)13-5-9-16(10-6-13)11-14(15)7-3-4-8-14/h12-13H,3-11,15H2,1-2H3. The number of likely N-dealkylation sites (tertiary alicyclic amines) is 1. The van der Waals surface area contributed by atoms with Crippen LogP contribution in [0.2, 0.25) is 0 Å². The predicted octanol–water partition coefficient (Wildman–Crippen LogP) is 2.63. The average molecular weight is 224 g/mol. The van der Waals surface area contributed by atoms with Crippen LogP contribution in [0, 0.1) is 11.8 Å². The van der Waals surface area contributed by atoms with E-state index < -0.39 is 0 Å². The highest BCUT2D eigenvalue weighted by atomic mass is 15.2. The SMILES string of the molecule is CC(C)C1CCN(CC2(N)CCCC2)CC1. The summed E-state index contributed by atoms with van der Waals surface area (Å²) in [7, 11) is 0. The monoisotopic (exact) mass is 224 g/mol. The molecule has 0 aromatic carbocycles. The molecule has 0 spiro atoms. The molecule has 1 heterocycles. The summed E-state index contributed by atoms with van der Waals surface area (Å²) in [5, 5.41) is 0. The van der Waals surface area contributed by atoms with Crippen LogP contribution < -0.4 is 5.73 Å². The molecule has 0 aromatic heterocycles. The van der Waals surface area contributed by atoms with E-state index in [9.17, 15) is 0 Å². The first-order valence-corrected chi connectivity index (χ1v) is 7.10. The molecule has 2 fully saturated rings. The van der Waals surface area contributed by atoms with E-state index in [0.29, 0.717) is 0 Å². The van der Waals surface area contributed by atoms with Gasteiger partial charge in [-0.1, -0.05) is 26.7 Å². The van der Waals surface area contributed by atoms with Crippen molar-refractivity contribution < 1.29 is 0 Å². The topological polar surface area (TPSA) is 29.3 Å². The molecule has 2 rings (SSSR count). The summed E-state index contributed by atoms with van der Waals surface area (Å²) >= 11 is 0. The maximum atomic E-state index is 6.44. The maximum absolute atomic E-state index is 6.44. The second-order valence-electron chi connectivity index (χ2n) is 6.43. The summed E-state index contributed by atoms with van der Waals surface area (Å²) in [5.41, 5.74) is 6.60. The fourth-order valence-corrected chi connectivity index (χ4v) is 3.46. The Labute approximate surface area is 101 Å². The van der Waals surface area contributed by atoms with Crippen molar-refractivity contribution in [3.05, 3.63) is 0 Å². The summed E-state index contributed by atoms with van der Waals surface area (Å²) in [6.45, 7) is 8.44. The van der Waals surface area contributed by atoms with Gasteiger partial charge in [0.15, 0.2) is 0 Å². The fourth-order valence-electron chi connectivity index (χ4n) is 3.46. The second-order valence-corrected chi connectivity index (χ2v) is 6.43. The first kappa shape index (κ1) is 12.4. The van der Waals surface area contributed by atoms with Crippen molar-refractivity contribution in [2.24, 2.45) is 17.6 Å². The Morgan fingerprint density at radius 2 is 1.75 bits per heavy atom. The zero-order chi connectivity index (χ0) is 11.6. The molecule has 0 aromatic rings. The normalized spacial score (nSPS) is 27.8. The van der Waals surface area contributed by atoms with Gasteiger partial charge in [0.2, 0.25) is 0 Å². The Balaban J connectivity index is 1.76. The Morgan fingerprint density at radius 1 is 1.19 bits per heavy atom. The van der Waals surface area contributed by atoms with Gasteiger partial charge in [-0.15, -0.1) is 0 Å². The Hall–Kier alpha value is -0.0800. The second kappa shape index (κ2) is 5.05. The largest absolute Gasteiger partial charge is 0.324 e. The third-order valence-corrected chi connectivity index (χ3v) is 4.71. The van der Waals surface area contributed by atoms with E-state index in [1.807, 2.05) is 0 Å². The van der Waals surface area contributed by atoms with Crippen LogP contribution in [0.5, 0.6) is 0 Å². The third kappa shape index (κ3) is 2.98. The van der Waals surface area contributed by atoms with Crippen LogP contribution in [0.25, 0.3) is 0 Å². The van der Waals surface area contributed by atoms with Gasteiger partial charge in [-0.2, -0.15) is 0 Å². The number of hydrogen-bond donors (Lipinski definition) is 1. The molecular formula is C14H28N2. The van der Waals surface area contributed by atoms with Crippen LogP contribution >= 0.6 is 0 Å². The highest BCUT2D eigenvalue weighted by Crippen LogP contribution is 2.30. The molecule has 2 N–H and O–H groups in total. The van der Waals surface area contributed by atoms with Gasteiger partial charge < -0.3 is 10.6 Å². The van der Waals surface area contributed by atoms with Crippen molar-refractivity contribution in [2.75, 3.05) is 19.6 Å². The van der Waals surface area contributed by atoms with Crippen LogP contribution in [0.3, 0.4) is 0 Å². The lowest BCUT2D eigenvalue weighted by Crippen LogP contribution is -2.50. The molecule has 1 aliphatic carbocycles. The number of rotatable bonds is 3. The zero-order valence-corrected chi connectivity index (χ0v) is 11.0. The van der Waals surface area contributed by atoms with E-state index in [0.717, 1.165) is 18.4 Å². The van der Waals surface area contributed by atoms with Gasteiger partial charge in [-0.05, 0) is 50.6 Å². The molecule has 16 heavy (non-hydrogen) atoms. The minimum Gasteiger partial charge on any atom is -0.324 e. The van der Waals surface area contributed by atoms with Gasteiger partial charge in [0.1, 0.15) is 0 Å². The van der Waals surface area contributed by atoms with Crippen LogP contribution in [-0.4, -0.2) is 30.1 Å². The molecule has 0 amide bonds. The van der Waals surface area contributed by atoms with E-state index in [4.69, 9.17) is 5.73 Å². The Morgan fingerprint density at radius 3 is 2.25 bits per heavy atom. The van der Waals surface area contributed by atoms with Crippen molar-refractivity contribution in [3.8, 4) is 0 Å². The van der Waals surface area contributed by atoms with Gasteiger partial charge >= 0.3 is 0 Å². The molecule has 1 saturated carbocycles. The molecule has 2 aliphatic rings. The molecule has 0 bridgehead atoms. The lowest BCUT2D eigenvalue weighted by molar-refractivity contribution is 0.130. The van der Waals surface area contributed by atoms with Crippen molar-refractivity contribution in [1.82, 2.24) is 4.90 Å². The summed E-state index contributed by atoms with van der Waals surface area (Å²) in [6.07, 6.45) is 7.95. The minimum absolute atomic E-state index is 0.157. The molecule has 1 saturated heterocycles. The first-order valence-electron chi connectivity index (χ1n) is 7.10. The summed E-state index contributed by atoms with van der Waals surface area (Å²) in [4.78, 5) is 2.62. The lowest BCUT2D eigenvalue weighted by atomic mass is 9.86. The van der Waals surface area contributed by atoms with Crippen molar-refractivity contribution in [3.63, 3.8) is 0 Å². The molecular weight excluding hydrogens is 196 g/mol. The Kier molecular flexibility index (Phi) is 3.91. The highest BCUT2D eigenvalue weighted by molar-refractivity contribution is 4.93. The summed E-state index contributed by atoms with van der Waals surface area (Å²) in [5.74, 6) is 1.81. The number of hydrogen-bond acceptors (Lipinski definition) is 2. The zero-order valence-electron chi connectivity index (χ0n) is 11.0. The van der Waals surface area contributed by atoms with E-state index in [2.05, 4.69) is 18.7 Å². The van der Waals surface area contributed by atoms with Crippen molar-refractivity contribution >= 4 is 0 Å². The van der Waals surface area contributed by atoms with Crippen LogP contribution in [0.1, 0.15) is 52.4 Å². The van der Waals surface area contributed by atoms with Crippen LogP contribution in [0.15, 0.2) is 0 Å². The summed E-state index contributed by atoms with van der Waals surface area (Å²) < 4.78 is 0. The van der Waals surface area contributed by atoms with E-state index in [-0.39, 0.29) is 5.54 Å². The number of nitrogens with zero attached hydrogens (tertiary/aromatic N) is 1. The smallest absolute Gasteiger partial charge is 0.0283 e. The molecule has 1 aliphatic heterocycles. The predicted molar refractivity (Wildman–Crippen MR) is 69.4 cm³/mol. The fraction of sp³-hybridized carbons (Fsp3) is 1.00. The quantitative estimate of drug-likeness (QED) is 0.798. The minimum atomic E-state index is 0.157. The van der Waals surface area contributed by atoms with Gasteiger partial charge in [0.05, 0.1) is 0 Å². The molecule has 94 valence electrons. The van der Waals surface area contributed by atoms with Gasteiger partial charge in [0.25, 0.3) is 0 Å². The van der Waals surface area contributed by atoms with E-state index in [1.54, 1.807) is 0 Å². The maximum Gasteiger partial charge on any atom is 0.0283 e. The average Bonchev–Trinajstić information content (AvgIpc) is 2.65. The van der Waals surface area contributed by atoms with E-state index >= 15 is 0 Å². The van der Waals surface area contributed by atoms with Crippen LogP contribution in [-0.2, 0) is 0 Å². The van der Waals surface area contributed by atoms with Crippen molar-refractivity contribution in [1.29, 1.82) is 0 Å². The van der Waals surface area contributed by atoms with Crippen LogP contribution in [0.4, 0.5) is 0 Å². The summed E-state index contributed by atoms with van der Waals surface area (Å²) in [6, 6.07) is 0. The van der Waals surface area contributed by atoms with Gasteiger partial charge in [0, 0.05) is 12.1 Å². The molecule has 2 nitrogen and oxygen atoms in total. The molecule has 0 unspecified atom stereocenters. The number of piperidine rings is 1.